The maximum Gasteiger partial charge on any atom is 0.216 e. The third-order valence-corrected chi connectivity index (χ3v) is 5.11. The van der Waals surface area contributed by atoms with E-state index in [1.807, 2.05) is 6.07 Å². The van der Waals surface area contributed by atoms with Gasteiger partial charge < -0.3 is 15.1 Å². The van der Waals surface area contributed by atoms with Crippen molar-refractivity contribution in [2.24, 2.45) is 10.9 Å². The first-order chi connectivity index (χ1) is 9.71. The standard InChI is InChI=1S/C13H16BFN2O2S/c14-17-12-16-13(8-3-1-2-4-10(8)15)7-19-11(5-18)9(13)6-20-12/h1-4,9,11,18H,5-7,14H2,(H,16,17)/t9-,11-,13-/m1/s1. The number of aliphatic imine (C=N–C) groups is 1. The summed E-state index contributed by atoms with van der Waals surface area (Å²) in [6.07, 6.45) is -0.288. The van der Waals surface area contributed by atoms with Crippen molar-refractivity contribution in [2.45, 2.75) is 11.6 Å². The molecule has 20 heavy (non-hydrogen) atoms. The number of thioether (sulfide) groups is 1. The predicted molar refractivity (Wildman–Crippen MR) is 80.0 cm³/mol. The highest BCUT2D eigenvalue weighted by atomic mass is 32.2. The Morgan fingerprint density at radius 2 is 2.35 bits per heavy atom. The van der Waals surface area contributed by atoms with E-state index in [9.17, 15) is 9.50 Å². The number of nitrogens with zero attached hydrogens (tertiary/aromatic N) is 1. The van der Waals surface area contributed by atoms with Crippen LogP contribution in [0.1, 0.15) is 5.56 Å². The summed E-state index contributed by atoms with van der Waals surface area (Å²) in [7, 11) is 1.81. The summed E-state index contributed by atoms with van der Waals surface area (Å²) in [4.78, 5) is 4.72. The number of fused-ring (bicyclic) bond motifs is 1. The average molecular weight is 294 g/mol. The van der Waals surface area contributed by atoms with E-state index in [-0.39, 0.29) is 24.4 Å². The molecule has 0 amide bonds. The zero-order valence-corrected chi connectivity index (χ0v) is 12.0. The summed E-state index contributed by atoms with van der Waals surface area (Å²) in [5, 5.41) is 13.3. The van der Waals surface area contributed by atoms with Crippen LogP contribution in [0.2, 0.25) is 0 Å². The van der Waals surface area contributed by atoms with Crippen molar-refractivity contribution in [3.05, 3.63) is 35.6 Å². The number of hydrogen-bond acceptors (Lipinski definition) is 5. The van der Waals surface area contributed by atoms with E-state index in [4.69, 9.17) is 9.73 Å². The fraction of sp³-hybridized carbons (Fsp3) is 0.462. The Morgan fingerprint density at radius 3 is 3.05 bits per heavy atom. The Morgan fingerprint density at radius 1 is 1.55 bits per heavy atom. The van der Waals surface area contributed by atoms with E-state index >= 15 is 0 Å². The molecular formula is C13H16BFN2O2S. The van der Waals surface area contributed by atoms with Gasteiger partial charge in [-0.15, -0.1) is 0 Å². The summed E-state index contributed by atoms with van der Waals surface area (Å²) < 4.78 is 19.9. The molecule has 2 heterocycles. The van der Waals surface area contributed by atoms with Gasteiger partial charge in [0.1, 0.15) is 16.5 Å². The van der Waals surface area contributed by atoms with E-state index in [0.717, 1.165) is 10.9 Å². The Kier molecular flexibility index (Phi) is 3.75. The average Bonchev–Trinajstić information content (AvgIpc) is 2.86. The van der Waals surface area contributed by atoms with Gasteiger partial charge in [0.15, 0.2) is 0 Å². The molecule has 3 rings (SSSR count). The lowest BCUT2D eigenvalue weighted by Gasteiger charge is -2.36. The minimum atomic E-state index is -0.734. The second-order valence-corrected chi connectivity index (χ2v) is 6.03. The predicted octanol–water partition coefficient (Wildman–Crippen LogP) is 0.269. The first-order valence-corrected chi connectivity index (χ1v) is 7.57. The monoisotopic (exact) mass is 294 g/mol. The van der Waals surface area contributed by atoms with Crippen LogP contribution >= 0.6 is 11.8 Å². The first-order valence-electron chi connectivity index (χ1n) is 6.59. The van der Waals surface area contributed by atoms with Crippen molar-refractivity contribution >= 4 is 24.9 Å². The molecular weight excluding hydrogens is 278 g/mol. The van der Waals surface area contributed by atoms with Crippen molar-refractivity contribution in [3.8, 4) is 0 Å². The van der Waals surface area contributed by atoms with Crippen LogP contribution in [0.25, 0.3) is 0 Å². The number of halogens is 1. The zero-order valence-electron chi connectivity index (χ0n) is 11.2. The molecule has 7 heteroatoms. The molecule has 3 atom stereocenters. The molecule has 1 saturated heterocycles. The van der Waals surface area contributed by atoms with Crippen LogP contribution in [0, 0.1) is 11.7 Å². The van der Waals surface area contributed by atoms with E-state index in [1.54, 1.807) is 31.9 Å². The van der Waals surface area contributed by atoms with Gasteiger partial charge in [0, 0.05) is 17.2 Å². The van der Waals surface area contributed by atoms with Gasteiger partial charge in [-0.25, -0.2) is 9.38 Å². The molecule has 0 radical (unpaired) electrons. The van der Waals surface area contributed by atoms with Crippen molar-refractivity contribution in [3.63, 3.8) is 0 Å². The summed E-state index contributed by atoms with van der Waals surface area (Å²) >= 11 is 1.58. The van der Waals surface area contributed by atoms with Gasteiger partial charge in [0.05, 0.1) is 19.3 Å². The van der Waals surface area contributed by atoms with Crippen molar-refractivity contribution in [1.29, 1.82) is 0 Å². The number of hydrogen-bond donors (Lipinski definition) is 2. The summed E-state index contributed by atoms with van der Waals surface area (Å²) in [5.41, 5.74) is -0.184. The van der Waals surface area contributed by atoms with Crippen LogP contribution in [0.4, 0.5) is 4.39 Å². The summed E-state index contributed by atoms with van der Waals surface area (Å²) in [6, 6.07) is 6.69. The lowest BCUT2D eigenvalue weighted by molar-refractivity contribution is 0.0436. The second kappa shape index (κ2) is 5.39. The lowest BCUT2D eigenvalue weighted by atomic mass is 9.79. The van der Waals surface area contributed by atoms with Crippen molar-refractivity contribution < 1.29 is 14.2 Å². The normalized spacial score (nSPS) is 32.6. The van der Waals surface area contributed by atoms with Crippen LogP contribution in [-0.2, 0) is 10.3 Å². The molecule has 0 unspecified atom stereocenters. The number of aliphatic hydroxyl groups excluding tert-OH is 1. The fourth-order valence-electron chi connectivity index (χ4n) is 2.97. The van der Waals surface area contributed by atoms with Crippen LogP contribution in [-0.4, -0.2) is 43.3 Å². The topological polar surface area (TPSA) is 53.9 Å². The maximum atomic E-state index is 14.3. The molecule has 1 fully saturated rings. The minimum Gasteiger partial charge on any atom is -0.415 e. The molecule has 2 aliphatic heterocycles. The third-order valence-electron chi connectivity index (χ3n) is 4.01. The highest BCUT2D eigenvalue weighted by molar-refractivity contribution is 8.13. The number of amidine groups is 1. The molecule has 2 aliphatic rings. The minimum absolute atomic E-state index is 0.0218. The molecule has 1 aromatic rings. The van der Waals surface area contributed by atoms with E-state index < -0.39 is 5.54 Å². The van der Waals surface area contributed by atoms with Gasteiger partial charge in [-0.2, -0.15) is 0 Å². The quantitative estimate of drug-likeness (QED) is 0.769. The van der Waals surface area contributed by atoms with E-state index in [1.165, 1.54) is 6.07 Å². The highest BCUT2D eigenvalue weighted by Crippen LogP contribution is 2.47. The Bertz CT molecular complexity index is 545. The molecule has 1 aromatic carbocycles. The number of nitrogens with one attached hydrogen (secondary N) is 1. The zero-order chi connectivity index (χ0) is 14.2. The van der Waals surface area contributed by atoms with Gasteiger partial charge in [-0.3, -0.25) is 0 Å². The Labute approximate surface area is 122 Å². The second-order valence-electron chi connectivity index (χ2n) is 5.02. The highest BCUT2D eigenvalue weighted by Gasteiger charge is 2.53. The molecule has 0 aliphatic carbocycles. The number of aliphatic hydroxyl groups is 1. The van der Waals surface area contributed by atoms with Gasteiger partial charge in [-0.1, -0.05) is 30.0 Å². The van der Waals surface area contributed by atoms with E-state index in [2.05, 4.69) is 5.23 Å². The van der Waals surface area contributed by atoms with Crippen molar-refractivity contribution in [1.82, 2.24) is 5.23 Å². The van der Waals surface area contributed by atoms with Crippen molar-refractivity contribution in [2.75, 3.05) is 19.0 Å². The molecule has 106 valence electrons. The molecule has 0 spiro atoms. The smallest absolute Gasteiger partial charge is 0.216 e. The van der Waals surface area contributed by atoms with Gasteiger partial charge in [0.25, 0.3) is 0 Å². The fourth-order valence-corrected chi connectivity index (χ4v) is 4.16. The largest absolute Gasteiger partial charge is 0.415 e. The number of rotatable bonds is 2. The number of benzene rings is 1. The van der Waals surface area contributed by atoms with Gasteiger partial charge in [0.2, 0.25) is 7.98 Å². The SMILES string of the molecule is BNC1=N[C@@]2(c3ccccc3F)CO[C@H](CO)[C@H]2CS1. The third kappa shape index (κ3) is 2.04. The number of ether oxygens (including phenoxy) is 1. The maximum absolute atomic E-state index is 14.3. The van der Waals surface area contributed by atoms with E-state index in [0.29, 0.717) is 12.2 Å². The molecule has 0 aromatic heterocycles. The molecule has 0 saturated carbocycles. The van der Waals surface area contributed by atoms with Crippen LogP contribution in [0.15, 0.2) is 29.3 Å². The van der Waals surface area contributed by atoms with Crippen LogP contribution < -0.4 is 5.23 Å². The van der Waals surface area contributed by atoms with Gasteiger partial charge >= 0.3 is 0 Å². The lowest BCUT2D eigenvalue weighted by Crippen LogP contribution is -2.43. The van der Waals surface area contributed by atoms with Crippen LogP contribution in [0.5, 0.6) is 0 Å². The molecule has 0 bridgehead atoms. The van der Waals surface area contributed by atoms with Gasteiger partial charge in [-0.05, 0) is 6.07 Å². The first kappa shape index (κ1) is 13.9. The Hall–Kier alpha value is -1.05. The van der Waals surface area contributed by atoms with Crippen LogP contribution in [0.3, 0.4) is 0 Å². The summed E-state index contributed by atoms with van der Waals surface area (Å²) in [6.45, 7) is 0.238. The Balaban J connectivity index is 2.12. The molecule has 2 N–H and O–H groups in total. The molecule has 4 nitrogen and oxygen atoms in total. The summed E-state index contributed by atoms with van der Waals surface area (Å²) in [5.74, 6) is 0.455.